The van der Waals surface area contributed by atoms with Crippen molar-refractivity contribution >= 4 is 17.3 Å². The summed E-state index contributed by atoms with van der Waals surface area (Å²) in [7, 11) is 0. The number of ether oxygens (including phenoxy) is 1. The summed E-state index contributed by atoms with van der Waals surface area (Å²) in [5.41, 5.74) is 1.04. The lowest BCUT2D eigenvalue weighted by atomic mass is 10.1. The second kappa shape index (κ2) is 6.92. The van der Waals surface area contributed by atoms with Crippen LogP contribution in [0.3, 0.4) is 0 Å². The lowest BCUT2D eigenvalue weighted by molar-refractivity contribution is -0.148. The molecule has 0 fully saturated rings. The van der Waals surface area contributed by atoms with Gasteiger partial charge in [0.15, 0.2) is 6.10 Å². The molecule has 2 aromatic heterocycles. The maximum atomic E-state index is 13.6. The van der Waals surface area contributed by atoms with Gasteiger partial charge in [-0.15, -0.1) is 11.3 Å². The third-order valence-corrected chi connectivity index (χ3v) is 4.30. The van der Waals surface area contributed by atoms with E-state index in [9.17, 15) is 9.18 Å². The Bertz CT molecular complexity index is 845. The fraction of sp³-hybridized carbons (Fsp3) is 0.235. The minimum Gasteiger partial charge on any atom is -0.452 e. The maximum Gasteiger partial charge on any atom is 0.311 e. The van der Waals surface area contributed by atoms with E-state index in [1.165, 1.54) is 17.4 Å². The van der Waals surface area contributed by atoms with Crippen LogP contribution in [0.2, 0.25) is 0 Å². The van der Waals surface area contributed by atoms with Crippen molar-refractivity contribution in [3.63, 3.8) is 0 Å². The van der Waals surface area contributed by atoms with Gasteiger partial charge in [-0.3, -0.25) is 4.79 Å². The van der Waals surface area contributed by atoms with Crippen LogP contribution in [0.1, 0.15) is 29.4 Å². The molecule has 0 aliphatic carbocycles. The molecule has 0 saturated heterocycles. The van der Waals surface area contributed by atoms with Crippen LogP contribution in [-0.4, -0.2) is 16.1 Å². The van der Waals surface area contributed by atoms with Crippen LogP contribution in [0.4, 0.5) is 4.39 Å². The Kier molecular flexibility index (Phi) is 4.71. The third-order valence-electron chi connectivity index (χ3n) is 3.43. The number of hydrogen-bond donors (Lipinski definition) is 0. The average molecular weight is 346 g/mol. The molecule has 0 spiro atoms. The van der Waals surface area contributed by atoms with Crippen LogP contribution in [0.25, 0.3) is 11.4 Å². The number of nitrogens with zero attached hydrogens (tertiary/aromatic N) is 2. The van der Waals surface area contributed by atoms with E-state index in [0.29, 0.717) is 11.1 Å². The highest BCUT2D eigenvalue weighted by atomic mass is 32.1. The van der Waals surface area contributed by atoms with Crippen molar-refractivity contribution in [3.8, 4) is 11.4 Å². The van der Waals surface area contributed by atoms with Crippen molar-refractivity contribution in [3.05, 3.63) is 57.9 Å². The summed E-state index contributed by atoms with van der Waals surface area (Å²) >= 11 is 1.49. The van der Waals surface area contributed by atoms with Crippen LogP contribution in [-0.2, 0) is 16.0 Å². The van der Waals surface area contributed by atoms with Gasteiger partial charge in [0.2, 0.25) is 5.82 Å². The number of carbonyl (C=O) groups is 1. The topological polar surface area (TPSA) is 65.2 Å². The number of rotatable bonds is 5. The number of thiophene rings is 1. The first kappa shape index (κ1) is 16.3. The van der Waals surface area contributed by atoms with Gasteiger partial charge in [0.1, 0.15) is 5.82 Å². The Morgan fingerprint density at radius 1 is 1.42 bits per heavy atom. The van der Waals surface area contributed by atoms with Gasteiger partial charge in [0, 0.05) is 10.4 Å². The average Bonchev–Trinajstić information content (AvgIpc) is 3.21. The molecule has 1 atom stereocenters. The van der Waals surface area contributed by atoms with E-state index in [1.54, 1.807) is 26.0 Å². The van der Waals surface area contributed by atoms with Crippen molar-refractivity contribution in [1.82, 2.24) is 10.1 Å². The fourth-order valence-corrected chi connectivity index (χ4v) is 2.78. The maximum absolute atomic E-state index is 13.6. The van der Waals surface area contributed by atoms with E-state index < -0.39 is 6.10 Å². The number of hydrogen-bond acceptors (Lipinski definition) is 6. The lowest BCUT2D eigenvalue weighted by Crippen LogP contribution is -2.11. The summed E-state index contributed by atoms with van der Waals surface area (Å²) in [6, 6.07) is 8.44. The van der Waals surface area contributed by atoms with Crippen LogP contribution >= 0.6 is 11.3 Å². The Labute approximate surface area is 142 Å². The number of esters is 1. The van der Waals surface area contributed by atoms with E-state index in [1.807, 2.05) is 17.5 Å². The Morgan fingerprint density at radius 3 is 2.96 bits per heavy atom. The predicted molar refractivity (Wildman–Crippen MR) is 87.0 cm³/mol. The lowest BCUT2D eigenvalue weighted by Gasteiger charge is -2.08. The van der Waals surface area contributed by atoms with Crippen molar-refractivity contribution in [1.29, 1.82) is 0 Å². The Hall–Kier alpha value is -2.54. The number of aryl methyl sites for hydroxylation is 1. The molecule has 0 N–H and O–H groups in total. The molecule has 0 bridgehead atoms. The molecule has 0 aliphatic rings. The van der Waals surface area contributed by atoms with E-state index in [2.05, 4.69) is 10.1 Å². The first-order valence-electron chi connectivity index (χ1n) is 7.35. The SMILES string of the molecule is Cc1ccc(-c2noc(C(C)OC(=O)Cc3cccs3)n2)cc1F. The van der Waals surface area contributed by atoms with Crippen LogP contribution in [0.5, 0.6) is 0 Å². The summed E-state index contributed by atoms with van der Waals surface area (Å²) in [5.74, 6) is -0.282. The Balaban J connectivity index is 1.68. The quantitative estimate of drug-likeness (QED) is 0.651. The molecule has 5 nitrogen and oxygen atoms in total. The van der Waals surface area contributed by atoms with Crippen LogP contribution in [0, 0.1) is 12.7 Å². The molecule has 24 heavy (non-hydrogen) atoms. The van der Waals surface area contributed by atoms with Crippen molar-refractivity contribution in [2.24, 2.45) is 0 Å². The number of halogens is 1. The molecular formula is C17H15FN2O3S. The summed E-state index contributed by atoms with van der Waals surface area (Å²) < 4.78 is 24.1. The first-order chi connectivity index (χ1) is 11.5. The molecule has 124 valence electrons. The second-order valence-corrected chi connectivity index (χ2v) is 6.34. The van der Waals surface area contributed by atoms with Gasteiger partial charge in [-0.25, -0.2) is 4.39 Å². The third kappa shape index (κ3) is 3.68. The van der Waals surface area contributed by atoms with E-state index in [-0.39, 0.29) is 29.9 Å². The van der Waals surface area contributed by atoms with Gasteiger partial charge >= 0.3 is 5.97 Å². The highest BCUT2D eigenvalue weighted by Crippen LogP contribution is 2.23. The highest BCUT2D eigenvalue weighted by molar-refractivity contribution is 7.10. The van der Waals surface area contributed by atoms with Crippen LogP contribution in [0.15, 0.2) is 40.2 Å². The molecule has 0 aliphatic heterocycles. The predicted octanol–water partition coefficient (Wildman–Crippen LogP) is 4.09. The summed E-state index contributed by atoms with van der Waals surface area (Å²) in [5, 5.41) is 5.72. The number of carbonyl (C=O) groups excluding carboxylic acids is 1. The number of benzene rings is 1. The minimum atomic E-state index is -0.672. The fourth-order valence-electron chi connectivity index (χ4n) is 2.09. The monoisotopic (exact) mass is 346 g/mol. The summed E-state index contributed by atoms with van der Waals surface area (Å²) in [6.45, 7) is 3.33. The molecule has 7 heteroatoms. The van der Waals surface area contributed by atoms with Gasteiger partial charge in [-0.05, 0) is 36.9 Å². The van der Waals surface area contributed by atoms with E-state index in [4.69, 9.17) is 9.26 Å². The van der Waals surface area contributed by atoms with Crippen LogP contribution < -0.4 is 0 Å². The summed E-state index contributed by atoms with van der Waals surface area (Å²) in [4.78, 5) is 17.0. The molecule has 3 rings (SSSR count). The highest BCUT2D eigenvalue weighted by Gasteiger charge is 2.20. The number of aromatic nitrogens is 2. The zero-order valence-electron chi connectivity index (χ0n) is 13.2. The van der Waals surface area contributed by atoms with E-state index >= 15 is 0 Å². The van der Waals surface area contributed by atoms with Gasteiger partial charge in [0.25, 0.3) is 5.89 Å². The molecule has 1 aromatic carbocycles. The van der Waals surface area contributed by atoms with Crippen molar-refractivity contribution in [2.45, 2.75) is 26.4 Å². The zero-order chi connectivity index (χ0) is 17.1. The van der Waals surface area contributed by atoms with Gasteiger partial charge in [0.05, 0.1) is 6.42 Å². The van der Waals surface area contributed by atoms with Crippen molar-refractivity contribution in [2.75, 3.05) is 0 Å². The van der Waals surface area contributed by atoms with Crippen molar-refractivity contribution < 1.29 is 18.4 Å². The second-order valence-electron chi connectivity index (χ2n) is 5.31. The van der Waals surface area contributed by atoms with E-state index in [0.717, 1.165) is 4.88 Å². The standard InChI is InChI=1S/C17H15FN2O3S/c1-10-5-6-12(8-14(10)18)16-19-17(23-20-16)11(2)22-15(21)9-13-4-3-7-24-13/h3-8,11H,9H2,1-2H3. The smallest absolute Gasteiger partial charge is 0.311 e. The Morgan fingerprint density at radius 2 is 2.25 bits per heavy atom. The van der Waals surface area contributed by atoms with Gasteiger partial charge in [-0.1, -0.05) is 23.4 Å². The molecule has 0 radical (unpaired) electrons. The van der Waals surface area contributed by atoms with Gasteiger partial charge in [-0.2, -0.15) is 4.98 Å². The van der Waals surface area contributed by atoms with Gasteiger partial charge < -0.3 is 9.26 Å². The molecule has 0 amide bonds. The summed E-state index contributed by atoms with van der Waals surface area (Å²) in [6.07, 6.45) is -0.472. The molecule has 0 saturated carbocycles. The normalized spacial score (nSPS) is 12.1. The molecule has 1 unspecified atom stereocenters. The minimum absolute atomic E-state index is 0.172. The molecule has 3 aromatic rings. The first-order valence-corrected chi connectivity index (χ1v) is 8.23. The molecule has 2 heterocycles. The molecular weight excluding hydrogens is 331 g/mol. The zero-order valence-corrected chi connectivity index (χ0v) is 14.0. The largest absolute Gasteiger partial charge is 0.452 e.